The van der Waals surface area contributed by atoms with E-state index in [4.69, 9.17) is 4.98 Å². The van der Waals surface area contributed by atoms with Gasteiger partial charge in [-0.2, -0.15) is 0 Å². The predicted molar refractivity (Wildman–Crippen MR) is 87.8 cm³/mol. The summed E-state index contributed by atoms with van der Waals surface area (Å²) in [6.45, 7) is 6.84. The van der Waals surface area contributed by atoms with Gasteiger partial charge in [-0.1, -0.05) is 68.2 Å². The molecule has 3 aromatic carbocycles. The SMILES string of the molecule is C[Si](C)(C)[N-]c1c2ccccc2cc2ccccc12.[Li+]. The van der Waals surface area contributed by atoms with Crippen molar-refractivity contribution in [3.8, 4) is 0 Å². The zero-order chi connectivity index (χ0) is 13.5. The Kier molecular flexibility index (Phi) is 4.29. The molecule has 3 heteroatoms. The summed E-state index contributed by atoms with van der Waals surface area (Å²) in [6, 6.07) is 19.3. The summed E-state index contributed by atoms with van der Waals surface area (Å²) >= 11 is 0. The van der Waals surface area contributed by atoms with Crippen LogP contribution in [0, 0.1) is 0 Å². The smallest absolute Gasteiger partial charge is 0.686 e. The predicted octanol–water partition coefficient (Wildman–Crippen LogP) is 2.84. The number of hydrogen-bond donors (Lipinski definition) is 0. The molecule has 0 aliphatic rings. The molecule has 0 aliphatic heterocycles. The molecule has 0 saturated heterocycles. The number of nitrogens with zero attached hydrogens (tertiary/aromatic N) is 1. The molecular formula is C17H18LiNSi. The Morgan fingerprint density at radius 2 is 1.20 bits per heavy atom. The van der Waals surface area contributed by atoms with Gasteiger partial charge in [0.15, 0.2) is 0 Å². The zero-order valence-corrected chi connectivity index (χ0v) is 13.6. The van der Waals surface area contributed by atoms with Crippen LogP contribution in [-0.2, 0) is 0 Å². The first kappa shape index (κ1) is 15.2. The van der Waals surface area contributed by atoms with E-state index in [9.17, 15) is 0 Å². The number of fused-ring (bicyclic) bond motifs is 2. The minimum atomic E-state index is -1.51. The van der Waals surface area contributed by atoms with Crippen LogP contribution in [0.25, 0.3) is 26.5 Å². The van der Waals surface area contributed by atoms with Gasteiger partial charge >= 0.3 is 18.9 Å². The van der Waals surface area contributed by atoms with E-state index in [0.29, 0.717) is 0 Å². The summed E-state index contributed by atoms with van der Waals surface area (Å²) in [7, 11) is -1.51. The molecule has 3 aromatic rings. The van der Waals surface area contributed by atoms with Crippen molar-refractivity contribution in [3.05, 3.63) is 59.6 Å². The van der Waals surface area contributed by atoms with Gasteiger partial charge in [-0.15, -0.1) is 5.69 Å². The van der Waals surface area contributed by atoms with Gasteiger partial charge < -0.3 is 4.98 Å². The second kappa shape index (κ2) is 5.65. The second-order valence-corrected chi connectivity index (χ2v) is 10.5. The van der Waals surface area contributed by atoms with Crippen molar-refractivity contribution in [1.29, 1.82) is 0 Å². The summed E-state index contributed by atoms with van der Waals surface area (Å²) < 4.78 is 0. The van der Waals surface area contributed by atoms with Crippen molar-refractivity contribution in [2.75, 3.05) is 0 Å². The summed E-state index contributed by atoms with van der Waals surface area (Å²) in [5.74, 6) is 0. The fraction of sp³-hybridized carbons (Fsp3) is 0.176. The third kappa shape index (κ3) is 2.93. The van der Waals surface area contributed by atoms with Crippen molar-refractivity contribution < 1.29 is 18.9 Å². The molecule has 96 valence electrons. The summed E-state index contributed by atoms with van der Waals surface area (Å²) in [4.78, 5) is 5.09. The van der Waals surface area contributed by atoms with Crippen molar-refractivity contribution in [2.24, 2.45) is 0 Å². The van der Waals surface area contributed by atoms with Gasteiger partial charge in [-0.05, 0) is 35.8 Å². The van der Waals surface area contributed by atoms with Crippen molar-refractivity contribution in [1.82, 2.24) is 0 Å². The van der Waals surface area contributed by atoms with Gasteiger partial charge in [0.25, 0.3) is 0 Å². The maximum absolute atomic E-state index is 5.09. The molecule has 0 aliphatic carbocycles. The van der Waals surface area contributed by atoms with E-state index in [-0.39, 0.29) is 18.9 Å². The monoisotopic (exact) mass is 271 g/mol. The first-order chi connectivity index (χ1) is 9.04. The fourth-order valence-electron chi connectivity index (χ4n) is 2.45. The van der Waals surface area contributed by atoms with Crippen molar-refractivity contribution in [3.63, 3.8) is 0 Å². The van der Waals surface area contributed by atoms with E-state index in [1.165, 1.54) is 27.2 Å². The molecule has 20 heavy (non-hydrogen) atoms. The van der Waals surface area contributed by atoms with Gasteiger partial charge in [0.1, 0.15) is 0 Å². The number of benzene rings is 3. The van der Waals surface area contributed by atoms with E-state index in [2.05, 4.69) is 74.2 Å². The molecule has 3 rings (SSSR count). The summed E-state index contributed by atoms with van der Waals surface area (Å²) in [5, 5.41) is 5.09. The Morgan fingerprint density at radius 3 is 1.65 bits per heavy atom. The van der Waals surface area contributed by atoms with Gasteiger partial charge in [0.2, 0.25) is 0 Å². The number of rotatable bonds is 2. The largest absolute Gasteiger partial charge is 1.00 e. The Labute approximate surface area is 133 Å². The van der Waals surface area contributed by atoms with Crippen LogP contribution in [0.15, 0.2) is 54.6 Å². The topological polar surface area (TPSA) is 14.1 Å². The average Bonchev–Trinajstić information content (AvgIpc) is 2.37. The molecule has 0 heterocycles. The van der Waals surface area contributed by atoms with E-state index in [1.54, 1.807) is 0 Å². The molecule has 0 radical (unpaired) electrons. The van der Waals surface area contributed by atoms with Crippen LogP contribution >= 0.6 is 0 Å². The van der Waals surface area contributed by atoms with Gasteiger partial charge in [0, 0.05) is 0 Å². The molecule has 0 unspecified atom stereocenters. The van der Waals surface area contributed by atoms with E-state index >= 15 is 0 Å². The van der Waals surface area contributed by atoms with Gasteiger partial charge in [0.05, 0.1) is 0 Å². The van der Waals surface area contributed by atoms with Crippen LogP contribution < -0.4 is 18.9 Å². The Bertz CT molecular complexity index is 693. The van der Waals surface area contributed by atoms with Gasteiger partial charge in [-0.3, -0.25) is 0 Å². The maximum atomic E-state index is 5.09. The van der Waals surface area contributed by atoms with Crippen LogP contribution in [0.3, 0.4) is 0 Å². The normalized spacial score (nSPS) is 11.3. The van der Waals surface area contributed by atoms with Crippen LogP contribution in [0.2, 0.25) is 19.6 Å². The maximum Gasteiger partial charge on any atom is 1.00 e. The summed E-state index contributed by atoms with van der Waals surface area (Å²) in [6.07, 6.45) is 0. The third-order valence-electron chi connectivity index (χ3n) is 3.19. The van der Waals surface area contributed by atoms with Crippen LogP contribution in [0.5, 0.6) is 0 Å². The molecule has 0 bridgehead atoms. The minimum absolute atomic E-state index is 0. The first-order valence-electron chi connectivity index (χ1n) is 6.68. The Hall–Kier alpha value is -1.21. The molecular weight excluding hydrogens is 253 g/mol. The molecule has 0 N–H and O–H groups in total. The molecule has 0 amide bonds. The van der Waals surface area contributed by atoms with Gasteiger partial charge in [-0.25, -0.2) is 0 Å². The second-order valence-electron chi connectivity index (χ2n) is 5.95. The van der Waals surface area contributed by atoms with Crippen LogP contribution in [-0.4, -0.2) is 8.24 Å². The first-order valence-corrected chi connectivity index (χ1v) is 10.1. The molecule has 0 spiro atoms. The molecule has 1 nitrogen and oxygen atoms in total. The minimum Gasteiger partial charge on any atom is -0.686 e. The van der Waals surface area contributed by atoms with E-state index in [0.717, 1.165) is 0 Å². The van der Waals surface area contributed by atoms with Crippen molar-refractivity contribution in [2.45, 2.75) is 19.6 Å². The van der Waals surface area contributed by atoms with Crippen molar-refractivity contribution >= 4 is 35.5 Å². The zero-order valence-electron chi connectivity index (χ0n) is 12.6. The number of hydrogen-bond acceptors (Lipinski definition) is 0. The van der Waals surface area contributed by atoms with E-state index in [1.807, 2.05) is 0 Å². The average molecular weight is 271 g/mol. The molecule has 0 saturated carbocycles. The fourth-order valence-corrected chi connectivity index (χ4v) is 3.36. The summed E-state index contributed by atoms with van der Waals surface area (Å²) in [5.41, 5.74) is 1.17. The van der Waals surface area contributed by atoms with Crippen LogP contribution in [0.4, 0.5) is 5.69 Å². The molecule has 0 aromatic heterocycles. The Morgan fingerprint density at radius 1 is 0.750 bits per heavy atom. The third-order valence-corrected chi connectivity index (χ3v) is 4.08. The van der Waals surface area contributed by atoms with E-state index < -0.39 is 8.24 Å². The quantitative estimate of drug-likeness (QED) is 0.503. The Balaban J connectivity index is 0.00000147. The van der Waals surface area contributed by atoms with Crippen LogP contribution in [0.1, 0.15) is 0 Å². The molecule has 0 atom stereocenters. The standard InChI is InChI=1S/C17H18NSi.Li/c1-19(2,3)18-17-15-10-6-4-8-13(15)12-14-9-5-7-11-16(14)17;/h4-12H,1-3H3;/q-1;+1. The molecule has 0 fully saturated rings.